The maximum Gasteiger partial charge on any atom is 0.258 e. The summed E-state index contributed by atoms with van der Waals surface area (Å²) in [5.41, 5.74) is 5.62. The third kappa shape index (κ3) is 6.98. The number of benzene rings is 1. The van der Waals surface area contributed by atoms with E-state index in [2.05, 4.69) is 12.2 Å². The number of rotatable bonds is 8. The molecule has 0 aromatic heterocycles. The minimum Gasteiger partial charge on any atom is -0.482 e. The molecule has 20 heavy (non-hydrogen) atoms. The fourth-order valence-corrected chi connectivity index (χ4v) is 1.86. The van der Waals surface area contributed by atoms with Crippen molar-refractivity contribution in [3.05, 3.63) is 29.3 Å². The van der Waals surface area contributed by atoms with E-state index in [4.69, 9.17) is 22.1 Å². The fraction of sp³-hybridized carbons (Fsp3) is 0.500. The van der Waals surface area contributed by atoms with Crippen LogP contribution in [0.1, 0.15) is 26.2 Å². The monoisotopic (exact) mass is 320 g/mol. The van der Waals surface area contributed by atoms with Gasteiger partial charge in [-0.15, -0.1) is 12.4 Å². The lowest BCUT2D eigenvalue weighted by Crippen LogP contribution is -2.42. The van der Waals surface area contributed by atoms with Crippen molar-refractivity contribution in [2.45, 2.75) is 32.2 Å². The van der Waals surface area contributed by atoms with E-state index in [1.165, 1.54) is 0 Å². The summed E-state index contributed by atoms with van der Waals surface area (Å²) in [6.45, 7) is 2.50. The highest BCUT2D eigenvalue weighted by Gasteiger charge is 2.11. The number of amides is 1. The highest BCUT2D eigenvalue weighted by molar-refractivity contribution is 6.32. The molecule has 0 aliphatic rings. The van der Waals surface area contributed by atoms with Crippen LogP contribution in [-0.2, 0) is 4.79 Å². The second-order valence-electron chi connectivity index (χ2n) is 4.36. The number of carbonyl (C=O) groups is 1. The van der Waals surface area contributed by atoms with E-state index in [0.29, 0.717) is 17.3 Å². The van der Waals surface area contributed by atoms with Gasteiger partial charge >= 0.3 is 0 Å². The van der Waals surface area contributed by atoms with E-state index >= 15 is 0 Å². The van der Waals surface area contributed by atoms with Gasteiger partial charge in [-0.3, -0.25) is 4.79 Å². The highest BCUT2D eigenvalue weighted by atomic mass is 35.5. The quantitative estimate of drug-likeness (QED) is 0.774. The van der Waals surface area contributed by atoms with Gasteiger partial charge in [-0.2, -0.15) is 0 Å². The van der Waals surface area contributed by atoms with Gasteiger partial charge in [-0.1, -0.05) is 43.5 Å². The van der Waals surface area contributed by atoms with Crippen LogP contribution in [0.15, 0.2) is 24.3 Å². The Morgan fingerprint density at radius 2 is 2.15 bits per heavy atom. The Hall–Kier alpha value is -0.970. The summed E-state index contributed by atoms with van der Waals surface area (Å²) < 4.78 is 5.36. The number of carbonyl (C=O) groups excluding carboxylic acids is 1. The minimum atomic E-state index is -0.175. The Bertz CT molecular complexity index is 403. The zero-order chi connectivity index (χ0) is 14.1. The first kappa shape index (κ1) is 19.0. The lowest BCUT2D eigenvalue weighted by atomic mass is 10.1. The van der Waals surface area contributed by atoms with Gasteiger partial charge in [0.2, 0.25) is 0 Å². The lowest BCUT2D eigenvalue weighted by Gasteiger charge is -2.16. The van der Waals surface area contributed by atoms with Crippen LogP contribution < -0.4 is 15.8 Å². The van der Waals surface area contributed by atoms with Gasteiger partial charge in [-0.25, -0.2) is 0 Å². The molecule has 1 rings (SSSR count). The van der Waals surface area contributed by atoms with Crippen molar-refractivity contribution in [3.8, 4) is 5.75 Å². The average molecular weight is 321 g/mol. The molecule has 3 N–H and O–H groups in total. The average Bonchev–Trinajstić information content (AvgIpc) is 2.42. The summed E-state index contributed by atoms with van der Waals surface area (Å²) in [5.74, 6) is 0.337. The Morgan fingerprint density at radius 3 is 2.75 bits per heavy atom. The molecule has 0 radical (unpaired) electrons. The molecule has 1 aromatic carbocycles. The molecule has 0 heterocycles. The van der Waals surface area contributed by atoms with Gasteiger partial charge in [0.1, 0.15) is 5.75 Å². The number of nitrogens with two attached hydrogens (primary N) is 1. The van der Waals surface area contributed by atoms with Crippen molar-refractivity contribution >= 4 is 29.9 Å². The van der Waals surface area contributed by atoms with Gasteiger partial charge < -0.3 is 15.8 Å². The first-order valence-electron chi connectivity index (χ1n) is 6.54. The molecule has 0 spiro atoms. The number of ether oxygens (including phenoxy) is 1. The first-order chi connectivity index (χ1) is 9.17. The van der Waals surface area contributed by atoms with E-state index in [1.807, 2.05) is 12.1 Å². The summed E-state index contributed by atoms with van der Waals surface area (Å²) in [6, 6.07) is 7.08. The van der Waals surface area contributed by atoms with Crippen LogP contribution in [0.25, 0.3) is 0 Å². The van der Waals surface area contributed by atoms with Gasteiger partial charge in [0.05, 0.1) is 5.02 Å². The van der Waals surface area contributed by atoms with Crippen molar-refractivity contribution in [2.24, 2.45) is 5.73 Å². The molecule has 1 aromatic rings. The Balaban J connectivity index is 0.00000361. The van der Waals surface area contributed by atoms with Gasteiger partial charge in [0.15, 0.2) is 6.61 Å². The van der Waals surface area contributed by atoms with Crippen LogP contribution in [0.3, 0.4) is 0 Å². The third-order valence-corrected chi connectivity index (χ3v) is 3.06. The second-order valence-corrected chi connectivity index (χ2v) is 4.77. The Labute approximate surface area is 131 Å². The van der Waals surface area contributed by atoms with E-state index in [0.717, 1.165) is 19.3 Å². The largest absolute Gasteiger partial charge is 0.482 e. The van der Waals surface area contributed by atoms with Crippen LogP contribution in [0.2, 0.25) is 5.02 Å². The normalized spacial score (nSPS) is 11.3. The van der Waals surface area contributed by atoms with Crippen molar-refractivity contribution in [1.29, 1.82) is 0 Å². The molecule has 114 valence electrons. The number of halogens is 2. The number of hydrogen-bond donors (Lipinski definition) is 2. The van der Waals surface area contributed by atoms with E-state index in [1.54, 1.807) is 12.1 Å². The van der Waals surface area contributed by atoms with Crippen LogP contribution in [-0.4, -0.2) is 25.1 Å². The standard InChI is InChI=1S/C14H21ClN2O2.ClH/c1-2-3-6-11(9-16)17-14(18)10-19-13-8-5-4-7-12(13)15;/h4-5,7-8,11H,2-3,6,9-10,16H2,1H3,(H,17,18);1H. The summed E-state index contributed by atoms with van der Waals surface area (Å²) in [4.78, 5) is 11.7. The van der Waals surface area contributed by atoms with Crippen LogP contribution in [0.4, 0.5) is 0 Å². The molecular formula is C14H22Cl2N2O2. The molecular weight excluding hydrogens is 299 g/mol. The second kappa shape index (κ2) is 10.8. The van der Waals surface area contributed by atoms with Gasteiger partial charge in [-0.05, 0) is 18.6 Å². The smallest absolute Gasteiger partial charge is 0.258 e. The highest BCUT2D eigenvalue weighted by Crippen LogP contribution is 2.22. The molecule has 4 nitrogen and oxygen atoms in total. The van der Waals surface area contributed by atoms with Crippen LogP contribution in [0.5, 0.6) is 5.75 Å². The molecule has 0 saturated carbocycles. The Kier molecular flexibility index (Phi) is 10.3. The van der Waals surface area contributed by atoms with Crippen molar-refractivity contribution in [3.63, 3.8) is 0 Å². The number of nitrogens with one attached hydrogen (secondary N) is 1. The maximum absolute atomic E-state index is 11.7. The summed E-state index contributed by atoms with van der Waals surface area (Å²) in [7, 11) is 0. The SMILES string of the molecule is CCCCC(CN)NC(=O)COc1ccccc1Cl.Cl. The van der Waals surface area contributed by atoms with Gasteiger partial charge in [0, 0.05) is 12.6 Å². The molecule has 0 bridgehead atoms. The van der Waals surface area contributed by atoms with E-state index < -0.39 is 0 Å². The summed E-state index contributed by atoms with van der Waals surface area (Å²) in [5, 5.41) is 3.36. The van der Waals surface area contributed by atoms with Crippen molar-refractivity contribution < 1.29 is 9.53 Å². The third-order valence-electron chi connectivity index (χ3n) is 2.75. The predicted molar refractivity (Wildman–Crippen MR) is 84.7 cm³/mol. The van der Waals surface area contributed by atoms with Crippen LogP contribution in [0, 0.1) is 0 Å². The van der Waals surface area contributed by atoms with Crippen molar-refractivity contribution in [2.75, 3.05) is 13.2 Å². The Morgan fingerprint density at radius 1 is 1.45 bits per heavy atom. The topological polar surface area (TPSA) is 64.3 Å². The molecule has 6 heteroatoms. The number of unbranched alkanes of at least 4 members (excludes halogenated alkanes) is 1. The molecule has 0 fully saturated rings. The molecule has 0 aliphatic heterocycles. The fourth-order valence-electron chi connectivity index (χ4n) is 1.67. The molecule has 1 amide bonds. The number of para-hydroxylation sites is 1. The maximum atomic E-state index is 11.7. The lowest BCUT2D eigenvalue weighted by molar-refractivity contribution is -0.123. The minimum absolute atomic E-state index is 0. The van der Waals surface area contributed by atoms with Crippen LogP contribution >= 0.6 is 24.0 Å². The van der Waals surface area contributed by atoms with Crippen molar-refractivity contribution in [1.82, 2.24) is 5.32 Å². The summed E-state index contributed by atoms with van der Waals surface area (Å²) in [6.07, 6.45) is 3.03. The first-order valence-corrected chi connectivity index (χ1v) is 6.92. The molecule has 1 atom stereocenters. The molecule has 0 aliphatic carbocycles. The predicted octanol–water partition coefficient (Wildman–Crippen LogP) is 2.77. The van der Waals surface area contributed by atoms with E-state index in [-0.39, 0.29) is 31.0 Å². The van der Waals surface area contributed by atoms with Gasteiger partial charge in [0.25, 0.3) is 5.91 Å². The van der Waals surface area contributed by atoms with E-state index in [9.17, 15) is 4.79 Å². The summed E-state index contributed by atoms with van der Waals surface area (Å²) >= 11 is 5.93. The zero-order valence-corrected chi connectivity index (χ0v) is 13.2. The molecule has 1 unspecified atom stereocenters. The zero-order valence-electron chi connectivity index (χ0n) is 11.6. The number of hydrogen-bond acceptors (Lipinski definition) is 3. The molecule has 0 saturated heterocycles.